The molecule has 0 aromatic heterocycles. The van der Waals surface area contributed by atoms with E-state index in [-0.39, 0.29) is 41.6 Å². The molecule has 2 saturated carbocycles. The fourth-order valence-corrected chi connectivity index (χ4v) is 5.91. The Kier molecular flexibility index (Phi) is 5.78. The lowest BCUT2D eigenvalue weighted by Gasteiger charge is -2.37. The molecule has 0 bridgehead atoms. The molecule has 2 aliphatic carbocycles. The second kappa shape index (κ2) is 8.03. The first-order valence-corrected chi connectivity index (χ1v) is 12.1. The van der Waals surface area contributed by atoms with Crippen molar-refractivity contribution < 1.29 is 23.9 Å². The Balaban J connectivity index is 1.59. The smallest absolute Gasteiger partial charge is 0.408 e. The number of amides is 4. The number of fused-ring (bicyclic) bond motifs is 2. The number of alkyl carbamates (subject to hydrolysis) is 1. The van der Waals surface area contributed by atoms with E-state index in [1.165, 1.54) is 4.90 Å². The lowest BCUT2D eigenvalue weighted by molar-refractivity contribution is -0.149. The molecule has 2 aliphatic heterocycles. The van der Waals surface area contributed by atoms with Crippen LogP contribution in [0.3, 0.4) is 0 Å². The summed E-state index contributed by atoms with van der Waals surface area (Å²) in [5.41, 5.74) is -1.32. The van der Waals surface area contributed by atoms with E-state index >= 15 is 0 Å². The van der Waals surface area contributed by atoms with E-state index in [9.17, 15) is 19.2 Å². The molecule has 0 unspecified atom stereocenters. The first kappa shape index (κ1) is 23.1. The second-order valence-corrected chi connectivity index (χ2v) is 11.4. The summed E-state index contributed by atoms with van der Waals surface area (Å²) in [4.78, 5) is 56.1. The number of nitrogens with one attached hydrogen (secondary N) is 1. The van der Waals surface area contributed by atoms with Crippen LogP contribution in [0.1, 0.15) is 79.6 Å². The normalized spacial score (nSPS) is 27.8. The van der Waals surface area contributed by atoms with E-state index in [4.69, 9.17) is 4.74 Å². The summed E-state index contributed by atoms with van der Waals surface area (Å²) < 4.78 is 5.38. The molecule has 4 aliphatic rings. The molecule has 3 atom stereocenters. The highest BCUT2D eigenvalue weighted by Gasteiger charge is 2.66. The van der Waals surface area contributed by atoms with Gasteiger partial charge in [-0.3, -0.25) is 19.3 Å². The number of likely N-dealkylation sites (tertiary alicyclic amines) is 2. The number of hydrogen-bond donors (Lipinski definition) is 1. The summed E-state index contributed by atoms with van der Waals surface area (Å²) in [6.45, 7) is 9.62. The summed E-state index contributed by atoms with van der Waals surface area (Å²) in [5.74, 6) is -0.470. The Morgan fingerprint density at radius 3 is 2.25 bits per heavy atom. The summed E-state index contributed by atoms with van der Waals surface area (Å²) >= 11 is 0. The van der Waals surface area contributed by atoms with E-state index in [1.807, 2.05) is 13.8 Å². The van der Waals surface area contributed by atoms with Crippen molar-refractivity contribution in [1.82, 2.24) is 15.1 Å². The predicted molar refractivity (Wildman–Crippen MR) is 117 cm³/mol. The maximum atomic E-state index is 13.7. The largest absolute Gasteiger partial charge is 0.444 e. The van der Waals surface area contributed by atoms with Gasteiger partial charge in [-0.25, -0.2) is 4.79 Å². The van der Waals surface area contributed by atoms with E-state index in [2.05, 4.69) is 5.32 Å². The van der Waals surface area contributed by atoms with Gasteiger partial charge < -0.3 is 15.0 Å². The monoisotopic (exact) mass is 447 g/mol. The summed E-state index contributed by atoms with van der Waals surface area (Å²) in [7, 11) is 0. The number of carbonyl (C=O) groups is 4. The molecule has 0 aromatic carbocycles. The second-order valence-electron chi connectivity index (χ2n) is 11.4. The number of nitrogens with zero attached hydrogens (tertiary/aromatic N) is 2. The zero-order valence-corrected chi connectivity index (χ0v) is 20.0. The van der Waals surface area contributed by atoms with Crippen molar-refractivity contribution in [3.8, 4) is 0 Å². The molecule has 2 heterocycles. The van der Waals surface area contributed by atoms with Gasteiger partial charge in [0.1, 0.15) is 11.6 Å². The highest BCUT2D eigenvalue weighted by Crippen LogP contribution is 2.54. The molecule has 8 nitrogen and oxygen atoms in total. The number of ether oxygens (including phenoxy) is 1. The minimum absolute atomic E-state index is 0.0295. The van der Waals surface area contributed by atoms with Crippen molar-refractivity contribution in [2.24, 2.45) is 17.3 Å². The molecule has 178 valence electrons. The predicted octanol–water partition coefficient (Wildman–Crippen LogP) is 2.84. The van der Waals surface area contributed by atoms with Gasteiger partial charge in [-0.2, -0.15) is 0 Å². The topological polar surface area (TPSA) is 96.0 Å². The van der Waals surface area contributed by atoms with Crippen LogP contribution in [0.25, 0.3) is 0 Å². The van der Waals surface area contributed by atoms with Crippen molar-refractivity contribution >= 4 is 23.8 Å². The van der Waals surface area contributed by atoms with Crippen LogP contribution in [0.2, 0.25) is 0 Å². The van der Waals surface area contributed by atoms with Crippen molar-refractivity contribution in [2.75, 3.05) is 6.54 Å². The summed E-state index contributed by atoms with van der Waals surface area (Å²) in [6, 6.07) is -1.29. The average Bonchev–Trinajstić information content (AvgIpc) is 3.17. The third-order valence-electron chi connectivity index (χ3n) is 7.46. The molecule has 4 fully saturated rings. The number of imide groups is 1. The number of rotatable bonds is 4. The van der Waals surface area contributed by atoms with Gasteiger partial charge in [-0.1, -0.05) is 26.7 Å². The highest BCUT2D eigenvalue weighted by atomic mass is 16.6. The fourth-order valence-electron chi connectivity index (χ4n) is 5.91. The van der Waals surface area contributed by atoms with E-state index in [0.717, 1.165) is 38.5 Å². The average molecular weight is 448 g/mol. The van der Waals surface area contributed by atoms with Crippen molar-refractivity contribution in [3.63, 3.8) is 0 Å². The fraction of sp³-hybridized carbons (Fsp3) is 0.833. The van der Waals surface area contributed by atoms with Crippen molar-refractivity contribution in [1.29, 1.82) is 0 Å². The van der Waals surface area contributed by atoms with Gasteiger partial charge in [0.05, 0.1) is 17.5 Å². The van der Waals surface area contributed by atoms with Gasteiger partial charge in [-0.05, 0) is 58.8 Å². The van der Waals surface area contributed by atoms with Crippen LogP contribution in [0.5, 0.6) is 0 Å². The molecular weight excluding hydrogens is 410 g/mol. The zero-order chi connectivity index (χ0) is 23.4. The van der Waals surface area contributed by atoms with E-state index in [1.54, 1.807) is 25.7 Å². The number of hydrogen-bond acceptors (Lipinski definition) is 5. The lowest BCUT2D eigenvalue weighted by Crippen LogP contribution is -2.56. The van der Waals surface area contributed by atoms with Gasteiger partial charge in [0, 0.05) is 12.5 Å². The van der Waals surface area contributed by atoms with Gasteiger partial charge in [0.15, 0.2) is 0 Å². The van der Waals surface area contributed by atoms with Crippen LogP contribution in [0.4, 0.5) is 4.79 Å². The quantitative estimate of drug-likeness (QED) is 0.669. The van der Waals surface area contributed by atoms with Crippen LogP contribution in [0.15, 0.2) is 0 Å². The minimum atomic E-state index is -0.745. The Hall–Kier alpha value is -2.12. The van der Waals surface area contributed by atoms with Crippen molar-refractivity contribution in [3.05, 3.63) is 0 Å². The molecule has 0 aromatic rings. The third-order valence-corrected chi connectivity index (χ3v) is 7.46. The van der Waals surface area contributed by atoms with Crippen LogP contribution in [0, 0.1) is 17.3 Å². The highest BCUT2D eigenvalue weighted by molar-refractivity contribution is 6.03. The molecule has 0 radical (unpaired) electrons. The molecule has 1 spiro atoms. The summed E-state index contributed by atoms with van der Waals surface area (Å²) in [6.07, 6.45) is 5.01. The minimum Gasteiger partial charge on any atom is -0.444 e. The molecular formula is C24H37N3O5. The Morgan fingerprint density at radius 1 is 1.09 bits per heavy atom. The molecule has 8 heteroatoms. The van der Waals surface area contributed by atoms with Gasteiger partial charge in [0.25, 0.3) is 0 Å². The van der Waals surface area contributed by atoms with Crippen molar-refractivity contribution in [2.45, 2.75) is 103 Å². The van der Waals surface area contributed by atoms with Gasteiger partial charge in [-0.15, -0.1) is 0 Å². The molecule has 1 N–H and O–H groups in total. The van der Waals surface area contributed by atoms with Crippen LogP contribution < -0.4 is 5.32 Å². The maximum absolute atomic E-state index is 13.7. The van der Waals surface area contributed by atoms with E-state index < -0.39 is 23.2 Å². The van der Waals surface area contributed by atoms with Crippen LogP contribution in [-0.2, 0) is 19.1 Å². The van der Waals surface area contributed by atoms with Gasteiger partial charge >= 0.3 is 6.09 Å². The standard InChI is InChI=1S/C24H37N3O5/c1-14(2)17(25-22(31)32-23(3,4)5)20(29)26-13-10-16-18(26)24(11-6-7-12-24)21(30)27(16)19(28)15-8-9-15/h14-18H,6-13H2,1-5H3,(H,25,31)/t16-,17-,18-/m0/s1. The Bertz CT molecular complexity index is 807. The first-order valence-electron chi connectivity index (χ1n) is 12.1. The SMILES string of the molecule is CC(C)[C@H](NC(=O)OC(C)(C)C)C(=O)N1CC[C@H]2[C@H]1C1(CCCC1)C(=O)N2C(=O)C1CC1. The molecule has 32 heavy (non-hydrogen) atoms. The maximum Gasteiger partial charge on any atom is 0.408 e. The lowest BCUT2D eigenvalue weighted by atomic mass is 9.78. The van der Waals surface area contributed by atoms with Crippen LogP contribution >= 0.6 is 0 Å². The zero-order valence-electron chi connectivity index (χ0n) is 20.0. The molecule has 4 rings (SSSR count). The van der Waals surface area contributed by atoms with E-state index in [0.29, 0.717) is 13.0 Å². The summed E-state index contributed by atoms with van der Waals surface area (Å²) in [5, 5.41) is 2.76. The number of carbonyl (C=O) groups excluding carboxylic acids is 4. The molecule has 2 saturated heterocycles. The molecule has 4 amide bonds. The first-order chi connectivity index (χ1) is 15.0. The van der Waals surface area contributed by atoms with Crippen LogP contribution in [-0.4, -0.2) is 63.9 Å². The Morgan fingerprint density at radius 2 is 1.72 bits per heavy atom. The third kappa shape index (κ3) is 3.90. The Labute approximate surface area is 190 Å². The van der Waals surface area contributed by atoms with Gasteiger partial charge in [0.2, 0.25) is 17.7 Å².